The van der Waals surface area contributed by atoms with Crippen molar-refractivity contribution in [1.82, 2.24) is 15.1 Å². The van der Waals surface area contributed by atoms with Crippen molar-refractivity contribution >= 4 is 17.6 Å². The van der Waals surface area contributed by atoms with Crippen LogP contribution >= 0.6 is 0 Å². The number of ether oxygens (including phenoxy) is 1. The predicted octanol–water partition coefficient (Wildman–Crippen LogP) is 2.15. The minimum absolute atomic E-state index is 0.0553. The highest BCUT2D eigenvalue weighted by molar-refractivity contribution is 5.90. The molecule has 29 heavy (non-hydrogen) atoms. The van der Waals surface area contributed by atoms with Gasteiger partial charge in [-0.1, -0.05) is 19.1 Å². The molecule has 2 aliphatic rings. The number of morpholine rings is 1. The molecule has 0 radical (unpaired) electrons. The van der Waals surface area contributed by atoms with Crippen LogP contribution in [-0.2, 0) is 16.1 Å². The van der Waals surface area contributed by atoms with E-state index in [0.29, 0.717) is 18.9 Å². The molecule has 1 atom stereocenters. The molecule has 1 aromatic carbocycles. The summed E-state index contributed by atoms with van der Waals surface area (Å²) in [5.74, 6) is 1.72. The van der Waals surface area contributed by atoms with Crippen molar-refractivity contribution < 1.29 is 9.53 Å². The number of anilines is 1. The number of amides is 1. The minimum Gasteiger partial charge on any atom is -0.379 e. The maximum Gasteiger partial charge on any atom is 0.225 e. The molecule has 7 nitrogen and oxygen atoms in total. The zero-order chi connectivity index (χ0) is 20.5. The molecular formula is C22H35N5O2. The first kappa shape index (κ1) is 21.6. The lowest BCUT2D eigenvalue weighted by molar-refractivity contribution is -0.116. The van der Waals surface area contributed by atoms with Gasteiger partial charge in [0.2, 0.25) is 5.91 Å². The summed E-state index contributed by atoms with van der Waals surface area (Å²) >= 11 is 0. The number of hydrogen-bond donors (Lipinski definition) is 2. The predicted molar refractivity (Wildman–Crippen MR) is 117 cm³/mol. The van der Waals surface area contributed by atoms with Gasteiger partial charge in [-0.25, -0.2) is 0 Å². The number of piperidine rings is 1. The molecule has 0 saturated carbocycles. The van der Waals surface area contributed by atoms with Crippen LogP contribution in [-0.4, -0.2) is 74.7 Å². The highest BCUT2D eigenvalue weighted by Crippen LogP contribution is 2.16. The molecule has 2 N–H and O–H groups in total. The van der Waals surface area contributed by atoms with Crippen molar-refractivity contribution in [1.29, 1.82) is 0 Å². The zero-order valence-electron chi connectivity index (χ0n) is 17.8. The summed E-state index contributed by atoms with van der Waals surface area (Å²) in [5, 5.41) is 6.50. The van der Waals surface area contributed by atoms with Crippen LogP contribution in [0.1, 0.15) is 31.7 Å². The summed E-state index contributed by atoms with van der Waals surface area (Å²) in [6, 6.07) is 8.03. The van der Waals surface area contributed by atoms with Crippen LogP contribution < -0.4 is 10.6 Å². The fraction of sp³-hybridized carbons (Fsp3) is 0.636. The van der Waals surface area contributed by atoms with Crippen molar-refractivity contribution in [2.45, 2.75) is 32.7 Å². The van der Waals surface area contributed by atoms with E-state index in [1.54, 1.807) is 0 Å². The molecule has 0 bridgehead atoms. The van der Waals surface area contributed by atoms with E-state index in [2.05, 4.69) is 38.4 Å². The summed E-state index contributed by atoms with van der Waals surface area (Å²) in [7, 11) is 1.84. The van der Waals surface area contributed by atoms with Crippen molar-refractivity contribution in [2.75, 3.05) is 58.3 Å². The molecular weight excluding hydrogens is 366 g/mol. The van der Waals surface area contributed by atoms with Gasteiger partial charge in [-0.3, -0.25) is 14.7 Å². The Morgan fingerprint density at radius 2 is 2.10 bits per heavy atom. The van der Waals surface area contributed by atoms with Crippen LogP contribution in [0.2, 0.25) is 0 Å². The second kappa shape index (κ2) is 11.2. The topological polar surface area (TPSA) is 69.2 Å². The van der Waals surface area contributed by atoms with E-state index >= 15 is 0 Å². The number of rotatable bonds is 6. The summed E-state index contributed by atoms with van der Waals surface area (Å²) in [6.45, 7) is 9.21. The SMILES string of the molecule is CN=C(NCc1cccc(NC(=O)CCN2CCOCC2)c1)N1CCCC(C)C1. The fourth-order valence-electron chi connectivity index (χ4n) is 3.96. The maximum atomic E-state index is 12.3. The summed E-state index contributed by atoms with van der Waals surface area (Å²) in [6.07, 6.45) is 3.01. The normalized spacial score (nSPS) is 21.1. The van der Waals surface area contributed by atoms with Gasteiger partial charge in [-0.2, -0.15) is 0 Å². The number of aliphatic imine (C=N–C) groups is 1. The summed E-state index contributed by atoms with van der Waals surface area (Å²) in [4.78, 5) is 21.4. The van der Waals surface area contributed by atoms with Crippen molar-refractivity contribution in [2.24, 2.45) is 10.9 Å². The molecule has 1 aromatic rings. The quantitative estimate of drug-likeness (QED) is 0.565. The Balaban J connectivity index is 1.46. The zero-order valence-corrected chi connectivity index (χ0v) is 17.8. The summed E-state index contributed by atoms with van der Waals surface area (Å²) in [5.41, 5.74) is 1.97. The molecule has 3 rings (SSSR count). The summed E-state index contributed by atoms with van der Waals surface area (Å²) < 4.78 is 5.35. The Morgan fingerprint density at radius 1 is 1.28 bits per heavy atom. The van der Waals surface area contributed by atoms with Gasteiger partial charge in [-0.05, 0) is 36.5 Å². The van der Waals surface area contributed by atoms with Crippen LogP contribution in [0.5, 0.6) is 0 Å². The number of guanidine groups is 1. The average Bonchev–Trinajstić information content (AvgIpc) is 2.74. The van der Waals surface area contributed by atoms with Gasteiger partial charge in [0.15, 0.2) is 5.96 Å². The molecule has 0 spiro atoms. The van der Waals surface area contributed by atoms with E-state index in [-0.39, 0.29) is 5.91 Å². The maximum absolute atomic E-state index is 12.3. The number of benzene rings is 1. The molecule has 160 valence electrons. The first-order valence-corrected chi connectivity index (χ1v) is 10.8. The third kappa shape index (κ3) is 7.01. The second-order valence-corrected chi connectivity index (χ2v) is 8.05. The Kier molecular flexibility index (Phi) is 8.31. The average molecular weight is 402 g/mol. The number of nitrogens with one attached hydrogen (secondary N) is 2. The van der Waals surface area contributed by atoms with Crippen LogP contribution in [0, 0.1) is 5.92 Å². The highest BCUT2D eigenvalue weighted by Gasteiger charge is 2.19. The standard InChI is InChI=1S/C22H35N5O2/c1-18-5-4-9-27(17-18)22(23-2)24-16-19-6-3-7-20(15-19)25-21(28)8-10-26-11-13-29-14-12-26/h3,6-7,15,18H,4-5,8-14,16-17H2,1-2H3,(H,23,24)(H,25,28). The van der Waals surface area contributed by atoms with E-state index in [1.165, 1.54) is 12.8 Å². The van der Waals surface area contributed by atoms with Gasteiger partial charge in [0.05, 0.1) is 13.2 Å². The van der Waals surface area contributed by atoms with Gasteiger partial charge in [-0.15, -0.1) is 0 Å². The first-order chi connectivity index (χ1) is 14.1. The van der Waals surface area contributed by atoms with Crippen molar-refractivity contribution in [3.05, 3.63) is 29.8 Å². The number of nitrogens with zero attached hydrogens (tertiary/aromatic N) is 3. The Labute approximate surface area is 174 Å². The lowest BCUT2D eigenvalue weighted by Crippen LogP contribution is -2.45. The Hall–Kier alpha value is -2.12. The lowest BCUT2D eigenvalue weighted by Gasteiger charge is -2.33. The van der Waals surface area contributed by atoms with E-state index in [9.17, 15) is 4.79 Å². The molecule has 2 fully saturated rings. The van der Waals surface area contributed by atoms with Gasteiger partial charge < -0.3 is 20.3 Å². The van der Waals surface area contributed by atoms with Gasteiger partial charge in [0.1, 0.15) is 0 Å². The van der Waals surface area contributed by atoms with E-state index in [4.69, 9.17) is 4.74 Å². The smallest absolute Gasteiger partial charge is 0.225 e. The Morgan fingerprint density at radius 3 is 2.86 bits per heavy atom. The van der Waals surface area contributed by atoms with Gasteiger partial charge in [0.25, 0.3) is 0 Å². The molecule has 2 heterocycles. The number of hydrogen-bond acceptors (Lipinski definition) is 4. The van der Waals surface area contributed by atoms with Gasteiger partial charge in [0, 0.05) is 58.4 Å². The minimum atomic E-state index is 0.0553. The first-order valence-electron chi connectivity index (χ1n) is 10.8. The highest BCUT2D eigenvalue weighted by atomic mass is 16.5. The molecule has 2 saturated heterocycles. The molecule has 1 amide bonds. The lowest BCUT2D eigenvalue weighted by atomic mass is 10.0. The monoisotopic (exact) mass is 401 g/mol. The van der Waals surface area contributed by atoms with Crippen LogP contribution in [0.25, 0.3) is 0 Å². The van der Waals surface area contributed by atoms with Crippen LogP contribution in [0.15, 0.2) is 29.3 Å². The van der Waals surface area contributed by atoms with Crippen molar-refractivity contribution in [3.8, 4) is 0 Å². The molecule has 1 unspecified atom stereocenters. The number of carbonyl (C=O) groups excluding carboxylic acids is 1. The third-order valence-electron chi connectivity index (χ3n) is 5.59. The van der Waals surface area contributed by atoms with Crippen LogP contribution in [0.3, 0.4) is 0 Å². The third-order valence-corrected chi connectivity index (χ3v) is 5.59. The van der Waals surface area contributed by atoms with Crippen LogP contribution in [0.4, 0.5) is 5.69 Å². The largest absolute Gasteiger partial charge is 0.379 e. The van der Waals surface area contributed by atoms with Crippen molar-refractivity contribution in [3.63, 3.8) is 0 Å². The van der Waals surface area contributed by atoms with E-state index < -0.39 is 0 Å². The molecule has 0 aromatic heterocycles. The number of carbonyl (C=O) groups is 1. The molecule has 2 aliphatic heterocycles. The van der Waals surface area contributed by atoms with E-state index in [0.717, 1.165) is 63.1 Å². The molecule has 0 aliphatic carbocycles. The molecule has 7 heteroatoms. The van der Waals surface area contributed by atoms with Gasteiger partial charge >= 0.3 is 0 Å². The Bertz CT molecular complexity index is 688. The second-order valence-electron chi connectivity index (χ2n) is 8.05. The fourth-order valence-corrected chi connectivity index (χ4v) is 3.96. The number of likely N-dealkylation sites (tertiary alicyclic amines) is 1. The van der Waals surface area contributed by atoms with E-state index in [1.807, 2.05) is 25.2 Å².